The number of rotatable bonds is 32. The zero-order valence-electron chi connectivity index (χ0n) is 67.6. The number of unbranched alkanes of at least 4 members (excludes halogenated alkanes) is 2. The molecular weight excluding hydrogens is 1670 g/mol. The maximum Gasteiger partial charge on any atom is 2.00 e. The van der Waals surface area contributed by atoms with Gasteiger partial charge in [-0.1, -0.05) is 194 Å². The first-order chi connectivity index (χ1) is 55.8. The summed E-state index contributed by atoms with van der Waals surface area (Å²) in [5.74, 6) is 6.48. The number of benzene rings is 9. The van der Waals surface area contributed by atoms with Crippen molar-refractivity contribution in [3.63, 3.8) is 0 Å². The van der Waals surface area contributed by atoms with Crippen molar-refractivity contribution >= 4 is 87.7 Å². The number of methoxy groups -OCH3 is 5. The summed E-state index contributed by atoms with van der Waals surface area (Å²) in [6.07, 6.45) is 17.8. The van der Waals surface area contributed by atoms with Crippen LogP contribution in [0, 0.1) is 33.8 Å². The number of aliphatic hydroxyl groups excluding tert-OH is 5. The zero-order valence-corrected chi connectivity index (χ0v) is 72.8. The van der Waals surface area contributed by atoms with Gasteiger partial charge in [0.25, 0.3) is 0 Å². The van der Waals surface area contributed by atoms with E-state index in [0.29, 0.717) is 44.9 Å². The topological polar surface area (TPSA) is 299 Å². The fourth-order valence-corrected chi connectivity index (χ4v) is 10.5. The third-order valence-electron chi connectivity index (χ3n) is 16.6. The summed E-state index contributed by atoms with van der Waals surface area (Å²) in [4.78, 5) is 76.3. The number of halogens is 2. The summed E-state index contributed by atoms with van der Waals surface area (Å²) in [6, 6.07) is 78.6. The van der Waals surface area contributed by atoms with E-state index < -0.39 is 18.1 Å². The molecule has 7 N–H and O–H groups in total. The van der Waals surface area contributed by atoms with Gasteiger partial charge < -0.3 is 71.0 Å². The maximum absolute atomic E-state index is 11.2. The average Bonchev–Trinajstić information content (AvgIpc) is 0.907. The van der Waals surface area contributed by atoms with Gasteiger partial charge in [0.05, 0.1) is 99.5 Å². The van der Waals surface area contributed by atoms with Gasteiger partial charge in [-0.15, -0.1) is 12.3 Å². The molecule has 2 unspecified atom stereocenters. The Hall–Kier alpha value is -9.67. The van der Waals surface area contributed by atoms with Crippen molar-refractivity contribution in [3.8, 4) is 24.2 Å². The van der Waals surface area contributed by atoms with Crippen LogP contribution in [0.15, 0.2) is 237 Å². The van der Waals surface area contributed by atoms with E-state index in [4.69, 9.17) is 27.0 Å². The van der Waals surface area contributed by atoms with Gasteiger partial charge in [-0.2, -0.15) is 36.4 Å². The number of carbonyl (C=O) groups excluding carboxylic acids is 7. The van der Waals surface area contributed by atoms with Crippen LogP contribution in [0.25, 0.3) is 0 Å². The number of terminal acetylenes is 1. The van der Waals surface area contributed by atoms with Crippen molar-refractivity contribution in [2.75, 3.05) is 55.4 Å². The fraction of sp³-hybridized carbons (Fsp3) is 0.316. The summed E-state index contributed by atoms with van der Waals surface area (Å²) in [5, 5.41) is 53.9. The molecule has 0 aliphatic carbocycles. The van der Waals surface area contributed by atoms with Gasteiger partial charge in [0.1, 0.15) is 6.29 Å². The third-order valence-corrected chi connectivity index (χ3v) is 17.3. The molecule has 0 aliphatic heterocycles. The molecule has 0 fully saturated rings. The Balaban J connectivity index is 0.00000135. The largest absolute Gasteiger partial charge is 2.00 e. The molecule has 0 spiro atoms. The van der Waals surface area contributed by atoms with Crippen molar-refractivity contribution in [2.24, 2.45) is 0 Å². The molecule has 620 valence electrons. The van der Waals surface area contributed by atoms with Crippen LogP contribution < -0.4 is 22.5 Å². The van der Waals surface area contributed by atoms with Gasteiger partial charge in [-0.05, 0) is 184 Å². The number of aliphatic hydroxyl groups is 5. The number of aldehydes is 1. The molecule has 0 saturated heterocycles. The van der Waals surface area contributed by atoms with Gasteiger partial charge in [0, 0.05) is 35.0 Å². The molecule has 0 radical (unpaired) electrons. The molecule has 22 heteroatoms. The van der Waals surface area contributed by atoms with Crippen LogP contribution in [0.2, 0.25) is 0 Å². The molecule has 2 atom stereocenters. The minimum Gasteiger partial charge on any atom is -1.00 e. The van der Waals surface area contributed by atoms with Crippen LogP contribution in [-0.2, 0) is 121 Å². The van der Waals surface area contributed by atoms with E-state index in [1.165, 1.54) is 61.4 Å². The molecule has 9 rings (SSSR count). The third kappa shape index (κ3) is 54.8. The number of hydrogen-bond donors (Lipinski definition) is 7. The Morgan fingerprint density at radius 1 is 0.419 bits per heavy atom. The Morgan fingerprint density at radius 2 is 0.726 bits per heavy atom. The number of hydroxylamine groups is 1. The Labute approximate surface area is 731 Å². The van der Waals surface area contributed by atoms with Crippen molar-refractivity contribution < 1.29 is 105 Å². The molecular formula is C95H111BrIMgNO18. The Bertz CT molecular complexity index is 4050. The van der Waals surface area contributed by atoms with Gasteiger partial charge in [0.15, 0.2) is 0 Å². The van der Waals surface area contributed by atoms with E-state index in [1.807, 2.05) is 237 Å². The van der Waals surface area contributed by atoms with Gasteiger partial charge in [0.2, 0.25) is 5.91 Å². The normalized spacial score (nSPS) is 10.1. The first-order valence-corrected chi connectivity index (χ1v) is 38.8. The van der Waals surface area contributed by atoms with Gasteiger partial charge >= 0.3 is 52.9 Å². The maximum atomic E-state index is 11.2. The predicted octanol–water partition coefficient (Wildman–Crippen LogP) is 11.1. The van der Waals surface area contributed by atoms with E-state index >= 15 is 0 Å². The number of aryl methyl sites for hydroxylation is 4. The first-order valence-electron chi connectivity index (χ1n) is 37.8. The van der Waals surface area contributed by atoms with Crippen molar-refractivity contribution in [2.45, 2.75) is 141 Å². The quantitative estimate of drug-likeness (QED) is 0.00197. The number of amides is 1. The summed E-state index contributed by atoms with van der Waals surface area (Å²) in [7, 11) is 6.95. The van der Waals surface area contributed by atoms with Gasteiger partial charge in [-0.3, -0.25) is 34.0 Å². The molecule has 9 aromatic rings. The first kappa shape index (κ1) is 107. The van der Waals surface area contributed by atoms with E-state index in [-0.39, 0.29) is 103 Å². The number of hydrogen-bond acceptors (Lipinski definition) is 18. The van der Waals surface area contributed by atoms with Crippen molar-refractivity contribution in [1.82, 2.24) is 5.48 Å². The number of nitrogens with one attached hydrogen (secondary N) is 1. The van der Waals surface area contributed by atoms with Crippen LogP contribution in [0.1, 0.15) is 149 Å². The van der Waals surface area contributed by atoms with Crippen molar-refractivity contribution in [3.05, 3.63) is 319 Å². The number of esters is 5. The predicted molar refractivity (Wildman–Crippen MR) is 461 cm³/mol. The number of ether oxygens (including phenoxy) is 5. The van der Waals surface area contributed by atoms with Crippen LogP contribution in [0.3, 0.4) is 0 Å². The number of carbonyl (C=O) groups is 7. The molecule has 0 saturated carbocycles. The average molecular weight is 1790 g/mol. The van der Waals surface area contributed by atoms with E-state index in [0.717, 1.165) is 127 Å². The van der Waals surface area contributed by atoms with E-state index in [2.05, 4.69) is 70.1 Å². The molecule has 1 amide bonds. The van der Waals surface area contributed by atoms with E-state index in [1.54, 1.807) is 5.48 Å². The van der Waals surface area contributed by atoms with Crippen molar-refractivity contribution in [1.29, 1.82) is 0 Å². The second kappa shape index (κ2) is 70.5. The van der Waals surface area contributed by atoms with Crippen LogP contribution in [0.4, 0.5) is 0 Å². The summed E-state index contributed by atoms with van der Waals surface area (Å²) < 4.78 is 24.1. The second-order valence-corrected chi connectivity index (χ2v) is 26.7. The molecule has 0 bridgehead atoms. The fourth-order valence-electron chi connectivity index (χ4n) is 10.2. The minimum absolute atomic E-state index is 0. The standard InChI is InChI=1S/C19H22O3.C18H21NO3.C13H18O3.C13H16O3.C13H14O3.C9H9IO2.C6H5.C4H6O.BrH.Mg/c1-22-19(21)14-16-12-10-15(11-13-16)6-5-9-18(20)17-7-3-2-4-8-17;20-17(16-6-2-1-3-7-16)8-4-5-14-9-11-15(12-10-14)13-18(21)19-22;3*1-16-13(15)10-12-7-5-11(6-8-12)4-2-3-9-14;1-12-9(11)6-7-2-4-8(10)5-3-7;1-2-4-6-5-3-1;1-2-3-4-5;;/h2-4,7-8,10-13,18,20H,5-6,9,14H2,1H3;1-3,6-7,9-12,17,20,22H,4-5,8,13H2,(H,19,21);5-8,14H,2-4,9-10H2,1H3;5-9H,2-4,10H2,1H3;5-8,14H,3,9-10H2,1H3;2-5H,6H2,1H3;1-5H;1,5H,3-4H2;1H;/q;;;;;;-1;;;+2/p-1. The molecule has 0 heterocycles. The Morgan fingerprint density at radius 3 is 1.01 bits per heavy atom. The van der Waals surface area contributed by atoms with Gasteiger partial charge in [-0.25, -0.2) is 5.48 Å². The monoisotopic (exact) mass is 1780 g/mol. The van der Waals surface area contributed by atoms with Crippen LogP contribution in [0.5, 0.6) is 0 Å². The molecule has 19 nitrogen and oxygen atoms in total. The summed E-state index contributed by atoms with van der Waals surface area (Å²) in [6.45, 7) is 0.435. The zero-order chi connectivity index (χ0) is 84.3. The summed E-state index contributed by atoms with van der Waals surface area (Å²) in [5.41, 5.74) is 14.9. The molecule has 117 heavy (non-hydrogen) atoms. The summed E-state index contributed by atoms with van der Waals surface area (Å²) >= 11 is 2.22. The molecule has 0 aliphatic rings. The second-order valence-electron chi connectivity index (χ2n) is 25.5. The molecule has 9 aromatic carbocycles. The smallest absolute Gasteiger partial charge is 1.00 e. The SMILES string of the molecule is C#CCCO.COC(=O)Cc1ccc(C#CCCO)cc1.COC(=O)Cc1ccc(CCCC(O)c2ccccc2)cc1.COC(=O)Cc1ccc(CCCC=O)cc1.COC(=O)Cc1ccc(CCCCO)cc1.COC(=O)Cc1ccc(I)cc1.O=C(Cc1ccc(CCCC(O)c2ccccc2)cc1)NO.[Br-].[Mg+2].[c-]1ccccc1. The minimum atomic E-state index is -0.422. The van der Waals surface area contributed by atoms with Crippen LogP contribution in [-0.4, -0.2) is 151 Å². The Kier molecular flexibility index (Phi) is 64.7. The van der Waals surface area contributed by atoms with Crippen LogP contribution >= 0.6 is 22.6 Å². The molecule has 0 aromatic heterocycles. The van der Waals surface area contributed by atoms with E-state index in [9.17, 15) is 43.8 Å².